The van der Waals surface area contributed by atoms with Gasteiger partial charge in [-0.1, -0.05) is 32.4 Å². The zero-order chi connectivity index (χ0) is 17.3. The van der Waals surface area contributed by atoms with Crippen molar-refractivity contribution in [3.8, 4) is 0 Å². The monoisotopic (exact) mass is 318 g/mol. The van der Waals surface area contributed by atoms with E-state index >= 15 is 0 Å². The molecule has 1 N–H and O–H groups in total. The molecule has 0 heterocycles. The fraction of sp³-hybridized carbons (Fsp3) is 0.700. The van der Waals surface area contributed by atoms with E-state index in [1.165, 1.54) is 0 Å². The first kappa shape index (κ1) is 18.0. The summed E-state index contributed by atoms with van der Waals surface area (Å²) in [4.78, 5) is 22.4. The minimum absolute atomic E-state index is 0.125. The molecule has 1 fully saturated rings. The van der Waals surface area contributed by atoms with Crippen LogP contribution in [0.25, 0.3) is 0 Å². The number of allylic oxidation sites excluding steroid dienone is 3. The molecule has 2 aliphatic rings. The van der Waals surface area contributed by atoms with Gasteiger partial charge in [0.05, 0.1) is 0 Å². The van der Waals surface area contributed by atoms with Crippen LogP contribution in [-0.2, 0) is 9.59 Å². The van der Waals surface area contributed by atoms with Crippen molar-refractivity contribution in [2.45, 2.75) is 66.2 Å². The normalized spacial score (nSPS) is 37.7. The van der Waals surface area contributed by atoms with E-state index in [0.29, 0.717) is 17.4 Å². The number of hydrogen-bond donors (Lipinski definition) is 1. The molecule has 3 heteroatoms. The van der Waals surface area contributed by atoms with Gasteiger partial charge in [0.25, 0.3) is 0 Å². The van der Waals surface area contributed by atoms with Crippen molar-refractivity contribution in [1.29, 1.82) is 0 Å². The summed E-state index contributed by atoms with van der Waals surface area (Å²) in [5.41, 5.74) is 1.66. The molecule has 0 saturated heterocycles. The Hall–Kier alpha value is -1.38. The first-order chi connectivity index (χ1) is 10.8. The third-order valence-corrected chi connectivity index (χ3v) is 6.85. The van der Waals surface area contributed by atoms with E-state index in [4.69, 9.17) is 0 Å². The van der Waals surface area contributed by atoms with Crippen molar-refractivity contribution >= 4 is 12.3 Å². The molecule has 0 unspecified atom stereocenters. The van der Waals surface area contributed by atoms with Gasteiger partial charge in [0.15, 0.2) is 0 Å². The number of carboxylic acids is 1. The van der Waals surface area contributed by atoms with E-state index in [2.05, 4.69) is 20.8 Å². The number of carboxylic acid groups (broad SMARTS) is 1. The second-order valence-corrected chi connectivity index (χ2v) is 8.06. The maximum atomic E-state index is 11.7. The third kappa shape index (κ3) is 3.15. The Morgan fingerprint density at radius 1 is 1.39 bits per heavy atom. The van der Waals surface area contributed by atoms with E-state index in [9.17, 15) is 14.7 Å². The summed E-state index contributed by atoms with van der Waals surface area (Å²) >= 11 is 0. The van der Waals surface area contributed by atoms with Crippen LogP contribution in [0, 0.1) is 22.7 Å². The minimum atomic E-state index is -0.744. The van der Waals surface area contributed by atoms with Gasteiger partial charge < -0.3 is 5.11 Å². The van der Waals surface area contributed by atoms with Gasteiger partial charge in [-0.2, -0.15) is 0 Å². The van der Waals surface area contributed by atoms with Gasteiger partial charge in [-0.05, 0) is 68.8 Å². The van der Waals surface area contributed by atoms with Crippen LogP contribution in [0.5, 0.6) is 0 Å². The molecule has 0 spiro atoms. The first-order valence-corrected chi connectivity index (χ1v) is 8.80. The van der Waals surface area contributed by atoms with Crippen molar-refractivity contribution in [3.05, 3.63) is 23.3 Å². The van der Waals surface area contributed by atoms with Gasteiger partial charge in [0.1, 0.15) is 6.29 Å². The molecule has 128 valence electrons. The minimum Gasteiger partial charge on any atom is -0.478 e. The Morgan fingerprint density at radius 2 is 2.09 bits per heavy atom. The number of aliphatic carboxylic acids is 1. The Labute approximate surface area is 139 Å². The van der Waals surface area contributed by atoms with Crippen LogP contribution in [0.15, 0.2) is 23.3 Å². The zero-order valence-corrected chi connectivity index (χ0v) is 14.9. The van der Waals surface area contributed by atoms with E-state index in [1.807, 2.05) is 13.0 Å². The van der Waals surface area contributed by atoms with Crippen LogP contribution in [-0.4, -0.2) is 17.4 Å². The first-order valence-electron chi connectivity index (χ1n) is 8.80. The predicted octanol–water partition coefficient (Wildman–Crippen LogP) is 4.78. The lowest BCUT2D eigenvalue weighted by molar-refractivity contribution is -0.137. The number of rotatable bonds is 5. The van der Waals surface area contributed by atoms with E-state index < -0.39 is 5.97 Å². The molecule has 4 atom stereocenters. The van der Waals surface area contributed by atoms with Crippen LogP contribution in [0.4, 0.5) is 0 Å². The highest BCUT2D eigenvalue weighted by Crippen LogP contribution is 2.62. The molecular weight excluding hydrogens is 288 g/mol. The average molecular weight is 318 g/mol. The smallest absolute Gasteiger partial charge is 0.331 e. The van der Waals surface area contributed by atoms with E-state index in [1.54, 1.807) is 6.08 Å². The highest BCUT2D eigenvalue weighted by atomic mass is 16.4. The van der Waals surface area contributed by atoms with Crippen LogP contribution in [0.2, 0.25) is 0 Å². The quantitative estimate of drug-likeness (QED) is 0.586. The fourth-order valence-corrected chi connectivity index (χ4v) is 5.11. The molecule has 0 aromatic rings. The lowest BCUT2D eigenvalue weighted by atomic mass is 9.46. The standard InChI is InChI=1S/C20H30O3/c1-14(10-13-21)8-11-19(3)15(2)9-12-20(4)16(18(22)23)6-5-7-17(19)20/h6,10,13,15,17H,5,7-9,11-12H2,1-4H3,(H,22,23)/b14-10-/t15-,17-,19+,20+/m0/s1. The Bertz CT molecular complexity index is 545. The van der Waals surface area contributed by atoms with E-state index in [-0.39, 0.29) is 10.8 Å². The highest BCUT2D eigenvalue weighted by molar-refractivity contribution is 5.88. The molecule has 0 aliphatic heterocycles. The molecule has 3 nitrogen and oxygen atoms in total. The third-order valence-electron chi connectivity index (χ3n) is 6.85. The van der Waals surface area contributed by atoms with Crippen molar-refractivity contribution in [2.24, 2.45) is 22.7 Å². The molecule has 0 bridgehead atoms. The zero-order valence-electron chi connectivity index (χ0n) is 14.9. The summed E-state index contributed by atoms with van der Waals surface area (Å²) in [6.07, 6.45) is 10.4. The number of carbonyl (C=O) groups is 2. The average Bonchev–Trinajstić information content (AvgIpc) is 2.49. The second kappa shape index (κ2) is 6.62. The number of aldehydes is 1. The summed E-state index contributed by atoms with van der Waals surface area (Å²) in [5, 5.41) is 9.65. The molecule has 2 aliphatic carbocycles. The summed E-state index contributed by atoms with van der Waals surface area (Å²) in [6.45, 7) is 8.83. The molecule has 2 rings (SSSR count). The van der Waals surface area contributed by atoms with Gasteiger partial charge in [0, 0.05) is 11.0 Å². The molecule has 0 amide bonds. The molecule has 0 radical (unpaired) electrons. The van der Waals surface area contributed by atoms with Crippen molar-refractivity contribution in [3.63, 3.8) is 0 Å². The van der Waals surface area contributed by atoms with Crippen LogP contribution < -0.4 is 0 Å². The maximum Gasteiger partial charge on any atom is 0.331 e. The Morgan fingerprint density at radius 3 is 2.70 bits per heavy atom. The van der Waals surface area contributed by atoms with Crippen LogP contribution >= 0.6 is 0 Å². The van der Waals surface area contributed by atoms with Crippen molar-refractivity contribution < 1.29 is 14.7 Å². The number of hydrogen-bond acceptors (Lipinski definition) is 2. The van der Waals surface area contributed by atoms with Gasteiger partial charge >= 0.3 is 5.97 Å². The molecule has 0 aromatic heterocycles. The largest absolute Gasteiger partial charge is 0.478 e. The van der Waals surface area contributed by atoms with E-state index in [0.717, 1.165) is 50.4 Å². The van der Waals surface area contributed by atoms with Crippen LogP contribution in [0.1, 0.15) is 66.2 Å². The topological polar surface area (TPSA) is 54.4 Å². The van der Waals surface area contributed by atoms with Gasteiger partial charge in [-0.15, -0.1) is 0 Å². The lowest BCUT2D eigenvalue weighted by Crippen LogP contribution is -2.51. The molecule has 0 aromatic carbocycles. The summed E-state index contributed by atoms with van der Waals surface area (Å²) < 4.78 is 0. The SMILES string of the molecule is C/C(=C/C=O)CC[C@]1(C)[C@@H](C)CC[C@]2(C)C(C(=O)O)=CCC[C@@H]12. The maximum absolute atomic E-state index is 11.7. The van der Waals surface area contributed by atoms with Gasteiger partial charge in [0.2, 0.25) is 0 Å². The summed E-state index contributed by atoms with van der Waals surface area (Å²) in [5.74, 6) is 0.239. The van der Waals surface area contributed by atoms with Gasteiger partial charge in [-0.3, -0.25) is 4.79 Å². The molecular formula is C20H30O3. The number of carbonyl (C=O) groups excluding carboxylic acids is 1. The Kier molecular flexibility index (Phi) is 5.17. The molecule has 23 heavy (non-hydrogen) atoms. The fourth-order valence-electron chi connectivity index (χ4n) is 5.11. The number of fused-ring (bicyclic) bond motifs is 1. The highest BCUT2D eigenvalue weighted by Gasteiger charge is 2.55. The lowest BCUT2D eigenvalue weighted by Gasteiger charge is -2.57. The summed E-state index contributed by atoms with van der Waals surface area (Å²) in [7, 11) is 0. The van der Waals surface area contributed by atoms with Crippen LogP contribution in [0.3, 0.4) is 0 Å². The predicted molar refractivity (Wildman–Crippen MR) is 92.1 cm³/mol. The van der Waals surface area contributed by atoms with Crippen molar-refractivity contribution in [2.75, 3.05) is 0 Å². The molecule has 1 saturated carbocycles. The second-order valence-electron chi connectivity index (χ2n) is 8.06. The van der Waals surface area contributed by atoms with Crippen molar-refractivity contribution in [1.82, 2.24) is 0 Å². The Balaban J connectivity index is 2.32. The van der Waals surface area contributed by atoms with Gasteiger partial charge in [-0.25, -0.2) is 4.79 Å². The summed E-state index contributed by atoms with van der Waals surface area (Å²) in [6, 6.07) is 0.